The van der Waals surface area contributed by atoms with Crippen LogP contribution < -0.4 is 15.4 Å². The molecule has 0 saturated carbocycles. The van der Waals surface area contributed by atoms with Gasteiger partial charge < -0.3 is 14.9 Å². The van der Waals surface area contributed by atoms with Crippen LogP contribution >= 0.6 is 11.9 Å². The number of hydrogen-bond acceptors (Lipinski definition) is 6. The number of nitrogens with one attached hydrogen (secondary N) is 3. The minimum atomic E-state index is -0.295. The van der Waals surface area contributed by atoms with E-state index in [2.05, 4.69) is 25.3 Å². The average Bonchev–Trinajstić information content (AvgIpc) is 2.85. The van der Waals surface area contributed by atoms with Gasteiger partial charge in [0.2, 0.25) is 0 Å². The lowest BCUT2D eigenvalue weighted by Crippen LogP contribution is -2.62. The van der Waals surface area contributed by atoms with Gasteiger partial charge in [0, 0.05) is 42.5 Å². The summed E-state index contributed by atoms with van der Waals surface area (Å²) >= 11 is 1.49. The summed E-state index contributed by atoms with van der Waals surface area (Å²) in [5.74, 6) is 0.523. The Balaban J connectivity index is 1.10. The Morgan fingerprint density at radius 2 is 1.85 bits per heavy atom. The number of fused-ring (bicyclic) bond motifs is 1. The molecule has 3 amide bonds. The summed E-state index contributed by atoms with van der Waals surface area (Å²) in [6.07, 6.45) is 6.46. The van der Waals surface area contributed by atoms with Crippen LogP contribution in [-0.4, -0.2) is 53.3 Å². The van der Waals surface area contributed by atoms with Gasteiger partial charge in [-0.25, -0.2) is 4.79 Å². The van der Waals surface area contributed by atoms with Crippen LogP contribution in [0.2, 0.25) is 0 Å². The van der Waals surface area contributed by atoms with Gasteiger partial charge in [-0.2, -0.15) is 0 Å². The van der Waals surface area contributed by atoms with Crippen molar-refractivity contribution in [1.82, 2.24) is 20.5 Å². The molecule has 0 unspecified atom stereocenters. The number of amidine groups is 1. The van der Waals surface area contributed by atoms with E-state index in [-0.39, 0.29) is 18.0 Å². The summed E-state index contributed by atoms with van der Waals surface area (Å²) in [5.41, 5.74) is 2.47. The zero-order chi connectivity index (χ0) is 23.3. The van der Waals surface area contributed by atoms with Gasteiger partial charge in [0.25, 0.3) is 5.91 Å². The Labute approximate surface area is 201 Å². The number of nitrogens with zero attached hydrogens (tertiary/aromatic N) is 3. The first-order valence-electron chi connectivity index (χ1n) is 11.1. The first-order chi connectivity index (χ1) is 16.7. The summed E-state index contributed by atoms with van der Waals surface area (Å²) in [6.45, 7) is 1.65. The van der Waals surface area contributed by atoms with Gasteiger partial charge in [0.1, 0.15) is 5.84 Å². The van der Waals surface area contributed by atoms with Gasteiger partial charge in [0.05, 0.1) is 16.5 Å². The van der Waals surface area contributed by atoms with Gasteiger partial charge in [-0.15, -0.1) is 0 Å². The molecule has 0 spiro atoms. The minimum Gasteiger partial charge on any atom is -0.334 e. The Hall–Kier alpha value is -3.85. The number of aromatic nitrogens is 1. The molecule has 8 nitrogen and oxygen atoms in total. The number of hydrogen-bond donors (Lipinski definition) is 3. The molecule has 1 fully saturated rings. The molecular formula is C25H24N6O2S. The van der Waals surface area contributed by atoms with E-state index in [1.54, 1.807) is 17.2 Å². The summed E-state index contributed by atoms with van der Waals surface area (Å²) in [7, 11) is 0. The van der Waals surface area contributed by atoms with Gasteiger partial charge in [0.15, 0.2) is 0 Å². The van der Waals surface area contributed by atoms with Crippen molar-refractivity contribution < 1.29 is 9.59 Å². The van der Waals surface area contributed by atoms with E-state index in [1.807, 2.05) is 60.7 Å². The number of amides is 3. The molecule has 0 atom stereocenters. The topological polar surface area (TPSA) is 98.7 Å². The monoisotopic (exact) mass is 472 g/mol. The lowest BCUT2D eigenvalue weighted by Gasteiger charge is -2.39. The van der Waals surface area contributed by atoms with Crippen molar-refractivity contribution in [3.8, 4) is 0 Å². The van der Waals surface area contributed by atoms with E-state index in [0.29, 0.717) is 31.0 Å². The van der Waals surface area contributed by atoms with Gasteiger partial charge in [-0.3, -0.25) is 20.1 Å². The van der Waals surface area contributed by atoms with Crippen molar-refractivity contribution in [1.29, 1.82) is 0 Å². The van der Waals surface area contributed by atoms with Gasteiger partial charge in [-0.05, 0) is 60.8 Å². The average molecular weight is 473 g/mol. The molecule has 1 saturated heterocycles. The maximum Gasteiger partial charge on any atom is 0.320 e. The highest BCUT2D eigenvalue weighted by Gasteiger charge is 2.32. The number of urea groups is 1. The molecule has 3 aromatic rings. The number of para-hydroxylation sites is 1. The molecule has 5 rings (SSSR count). The Morgan fingerprint density at radius 3 is 2.65 bits per heavy atom. The minimum absolute atomic E-state index is 0.0458. The smallest absolute Gasteiger partial charge is 0.320 e. The number of anilines is 1. The van der Waals surface area contributed by atoms with E-state index in [1.165, 1.54) is 11.9 Å². The van der Waals surface area contributed by atoms with Crippen LogP contribution in [-0.2, 0) is 0 Å². The standard InChI is InChI=1S/C25H24N6O2S/c32-24(31-15-20(16-31)28-25(33)29-22-8-1-2-13-26-22)18-9-11-19(12-10-18)30-34-21-7-3-5-17-6-4-14-27-23(17)21/h1,3-12,14,20,30H,2,13,15-16H2,(H2,26,28,29,33). The zero-order valence-corrected chi connectivity index (χ0v) is 19.2. The molecule has 3 heterocycles. The van der Waals surface area contributed by atoms with Crippen LogP contribution in [0.15, 0.2) is 82.8 Å². The molecule has 9 heteroatoms. The zero-order valence-electron chi connectivity index (χ0n) is 18.4. The quantitative estimate of drug-likeness (QED) is 0.490. The molecule has 2 aliphatic rings. The van der Waals surface area contributed by atoms with Gasteiger partial charge in [-0.1, -0.05) is 24.3 Å². The van der Waals surface area contributed by atoms with Crippen molar-refractivity contribution in [3.05, 3.63) is 78.5 Å². The molecule has 0 aliphatic carbocycles. The molecule has 1 aromatic heterocycles. The maximum absolute atomic E-state index is 12.7. The van der Waals surface area contributed by atoms with E-state index < -0.39 is 0 Å². The summed E-state index contributed by atoms with van der Waals surface area (Å²) in [5, 5.41) is 6.70. The maximum atomic E-state index is 12.7. The van der Waals surface area contributed by atoms with Gasteiger partial charge >= 0.3 is 6.03 Å². The second-order valence-corrected chi connectivity index (χ2v) is 8.92. The van der Waals surface area contributed by atoms with Crippen LogP contribution in [0.3, 0.4) is 0 Å². The van der Waals surface area contributed by atoms with E-state index in [4.69, 9.17) is 0 Å². The SMILES string of the molecule is O=C(NC1=NCCC=C1)NC1CN(C(=O)c2ccc(NSc3cccc4cccnc34)cc2)C1. The molecule has 0 radical (unpaired) electrons. The van der Waals surface area contributed by atoms with Crippen molar-refractivity contribution in [3.63, 3.8) is 0 Å². The van der Waals surface area contributed by atoms with E-state index in [9.17, 15) is 9.59 Å². The first-order valence-corrected chi connectivity index (χ1v) is 11.9. The van der Waals surface area contributed by atoms with E-state index >= 15 is 0 Å². The van der Waals surface area contributed by atoms with Crippen LogP contribution in [0.1, 0.15) is 16.8 Å². The number of pyridine rings is 1. The van der Waals surface area contributed by atoms with Crippen molar-refractivity contribution in [2.24, 2.45) is 4.99 Å². The van der Waals surface area contributed by atoms with Crippen LogP contribution in [0, 0.1) is 0 Å². The largest absolute Gasteiger partial charge is 0.334 e. The molecule has 2 aromatic carbocycles. The first kappa shape index (κ1) is 22.0. The molecule has 2 aliphatic heterocycles. The summed E-state index contributed by atoms with van der Waals surface area (Å²) in [6, 6.07) is 17.1. The lowest BCUT2D eigenvalue weighted by molar-refractivity contribution is 0.0578. The third-order valence-corrected chi connectivity index (χ3v) is 6.49. The third-order valence-electron chi connectivity index (χ3n) is 5.61. The predicted octanol–water partition coefficient (Wildman–Crippen LogP) is 3.84. The Kier molecular flexibility index (Phi) is 6.44. The number of aliphatic imine (C=N–C) groups is 1. The highest BCUT2D eigenvalue weighted by Crippen LogP contribution is 2.27. The second-order valence-electron chi connectivity index (χ2n) is 8.08. The molecule has 3 N–H and O–H groups in total. The second kappa shape index (κ2) is 9.96. The van der Waals surface area contributed by atoms with Crippen LogP contribution in [0.5, 0.6) is 0 Å². The number of benzene rings is 2. The predicted molar refractivity (Wildman–Crippen MR) is 135 cm³/mol. The van der Waals surface area contributed by atoms with Crippen LogP contribution in [0.4, 0.5) is 10.5 Å². The fraction of sp³-hybridized carbons (Fsp3) is 0.200. The normalized spacial score (nSPS) is 15.4. The number of dihydropyridines is 1. The highest BCUT2D eigenvalue weighted by atomic mass is 32.2. The number of carbonyl (C=O) groups excluding carboxylic acids is 2. The van der Waals surface area contributed by atoms with Crippen molar-refractivity contribution in [2.45, 2.75) is 17.4 Å². The number of rotatable bonds is 5. The van der Waals surface area contributed by atoms with Crippen LogP contribution in [0.25, 0.3) is 10.9 Å². The molecule has 172 valence electrons. The van der Waals surface area contributed by atoms with Crippen molar-refractivity contribution in [2.75, 3.05) is 24.4 Å². The number of likely N-dealkylation sites (tertiary alicyclic amines) is 1. The summed E-state index contributed by atoms with van der Waals surface area (Å²) < 4.78 is 3.32. The fourth-order valence-electron chi connectivity index (χ4n) is 3.80. The summed E-state index contributed by atoms with van der Waals surface area (Å²) in [4.78, 5) is 36.3. The molecule has 0 bridgehead atoms. The molecule has 34 heavy (non-hydrogen) atoms. The lowest BCUT2D eigenvalue weighted by atomic mass is 10.1. The fourth-order valence-corrected chi connectivity index (χ4v) is 4.58. The third kappa shape index (κ3) is 5.04. The Bertz CT molecular complexity index is 1260. The number of carbonyl (C=O) groups is 2. The Morgan fingerprint density at radius 1 is 1.03 bits per heavy atom. The highest BCUT2D eigenvalue weighted by molar-refractivity contribution is 8.00. The molecular weight excluding hydrogens is 448 g/mol. The van der Waals surface area contributed by atoms with E-state index in [0.717, 1.165) is 27.9 Å². The van der Waals surface area contributed by atoms with Crippen molar-refractivity contribution >= 4 is 46.3 Å².